The number of hydrogen-bond acceptors (Lipinski definition) is 7. The molecule has 0 amide bonds. The Bertz CT molecular complexity index is 439. The molecular formula is C11H17ClN6O2. The van der Waals surface area contributed by atoms with Gasteiger partial charge in [-0.2, -0.15) is 10.2 Å². The van der Waals surface area contributed by atoms with E-state index in [0.717, 1.165) is 0 Å². The van der Waals surface area contributed by atoms with Gasteiger partial charge in [-0.3, -0.25) is 0 Å². The second kappa shape index (κ2) is 9.18. The lowest BCUT2D eigenvalue weighted by Crippen LogP contribution is -2.23. The zero-order valence-corrected chi connectivity index (χ0v) is 12.0. The number of rotatable bonds is 9. The van der Waals surface area contributed by atoms with Crippen LogP contribution in [0.3, 0.4) is 0 Å². The van der Waals surface area contributed by atoms with Crippen LogP contribution in [-0.4, -0.2) is 54.2 Å². The molecule has 0 unspecified atom stereocenters. The van der Waals surface area contributed by atoms with E-state index in [1.165, 1.54) is 17.5 Å². The lowest BCUT2D eigenvalue weighted by Gasteiger charge is -2.13. The second-order valence-electron chi connectivity index (χ2n) is 3.48. The smallest absolute Gasteiger partial charge is 0.222 e. The number of ether oxygens (including phenoxy) is 2. The topological polar surface area (TPSA) is 98.2 Å². The van der Waals surface area contributed by atoms with Gasteiger partial charge in [0.1, 0.15) is 6.79 Å². The van der Waals surface area contributed by atoms with E-state index < -0.39 is 0 Å². The summed E-state index contributed by atoms with van der Waals surface area (Å²) in [4.78, 5) is 7.63. The minimum Gasteiger partial charge on any atom is -0.382 e. The first-order valence-electron chi connectivity index (χ1n) is 5.89. The van der Waals surface area contributed by atoms with Crippen molar-refractivity contribution in [3.8, 4) is 0 Å². The Morgan fingerprint density at radius 3 is 2.75 bits per heavy atom. The SMILES string of the molecule is C=NN(CCOCOCC)/N=C(\N)c1cnc(Cl)nc1. The summed E-state index contributed by atoms with van der Waals surface area (Å²) < 4.78 is 10.2. The van der Waals surface area contributed by atoms with Crippen LogP contribution >= 0.6 is 11.6 Å². The molecule has 0 fully saturated rings. The van der Waals surface area contributed by atoms with E-state index in [1.54, 1.807) is 0 Å². The zero-order valence-electron chi connectivity index (χ0n) is 11.2. The lowest BCUT2D eigenvalue weighted by atomic mass is 10.3. The molecule has 0 aliphatic rings. The molecule has 9 heteroatoms. The Kier molecular flexibility index (Phi) is 7.48. The van der Waals surface area contributed by atoms with Crippen LogP contribution in [0.15, 0.2) is 22.6 Å². The Hall–Kier alpha value is -1.77. The summed E-state index contributed by atoms with van der Waals surface area (Å²) in [7, 11) is 0. The van der Waals surface area contributed by atoms with Crippen molar-refractivity contribution in [2.45, 2.75) is 6.92 Å². The number of hydrazone groups is 2. The third-order valence-electron chi connectivity index (χ3n) is 2.11. The Morgan fingerprint density at radius 1 is 1.45 bits per heavy atom. The van der Waals surface area contributed by atoms with Crippen LogP contribution < -0.4 is 5.73 Å². The van der Waals surface area contributed by atoms with Crippen molar-refractivity contribution in [2.24, 2.45) is 15.9 Å². The molecule has 1 rings (SSSR count). The second-order valence-corrected chi connectivity index (χ2v) is 3.82. The zero-order chi connectivity index (χ0) is 14.8. The van der Waals surface area contributed by atoms with E-state index in [4.69, 9.17) is 26.8 Å². The Labute approximate surface area is 122 Å². The summed E-state index contributed by atoms with van der Waals surface area (Å²) >= 11 is 5.59. The summed E-state index contributed by atoms with van der Waals surface area (Å²) in [5.41, 5.74) is 6.35. The van der Waals surface area contributed by atoms with E-state index in [0.29, 0.717) is 25.3 Å². The summed E-state index contributed by atoms with van der Waals surface area (Å²) in [5.74, 6) is 0.207. The Balaban J connectivity index is 2.50. The molecule has 20 heavy (non-hydrogen) atoms. The molecule has 8 nitrogen and oxygen atoms in total. The molecule has 0 aliphatic carbocycles. The molecule has 110 valence electrons. The van der Waals surface area contributed by atoms with Crippen LogP contribution in [0.5, 0.6) is 0 Å². The summed E-state index contributed by atoms with van der Waals surface area (Å²) in [6.45, 7) is 6.91. The predicted molar refractivity (Wildman–Crippen MR) is 76.5 cm³/mol. The fourth-order valence-electron chi connectivity index (χ4n) is 1.13. The van der Waals surface area contributed by atoms with Crippen molar-refractivity contribution in [1.82, 2.24) is 15.1 Å². The largest absolute Gasteiger partial charge is 0.382 e. The Morgan fingerprint density at radius 2 is 2.15 bits per heavy atom. The van der Waals surface area contributed by atoms with E-state index in [2.05, 4.69) is 26.9 Å². The first-order chi connectivity index (χ1) is 9.67. The van der Waals surface area contributed by atoms with Crippen LogP contribution in [-0.2, 0) is 9.47 Å². The van der Waals surface area contributed by atoms with Gasteiger partial charge in [-0.25, -0.2) is 9.97 Å². The highest BCUT2D eigenvalue weighted by atomic mass is 35.5. The van der Waals surface area contributed by atoms with Crippen LogP contribution in [0.2, 0.25) is 5.28 Å². The molecule has 0 atom stereocenters. The number of halogens is 1. The van der Waals surface area contributed by atoms with Crippen LogP contribution in [0.25, 0.3) is 0 Å². The number of amidine groups is 1. The maximum absolute atomic E-state index is 5.81. The number of hydrogen-bond donors (Lipinski definition) is 1. The van der Waals surface area contributed by atoms with Gasteiger partial charge < -0.3 is 15.2 Å². The highest BCUT2D eigenvalue weighted by Gasteiger charge is 2.04. The maximum atomic E-state index is 5.81. The van der Waals surface area contributed by atoms with Crippen molar-refractivity contribution < 1.29 is 9.47 Å². The predicted octanol–water partition coefficient (Wildman–Crippen LogP) is 0.678. The first-order valence-corrected chi connectivity index (χ1v) is 6.26. The third kappa shape index (κ3) is 5.91. The minimum absolute atomic E-state index is 0.143. The van der Waals surface area contributed by atoms with E-state index in [9.17, 15) is 0 Å². The molecular weight excluding hydrogens is 284 g/mol. The molecule has 0 aromatic carbocycles. The summed E-state index contributed by atoms with van der Waals surface area (Å²) in [6.07, 6.45) is 2.95. The van der Waals surface area contributed by atoms with Crippen LogP contribution in [0, 0.1) is 0 Å². The highest BCUT2D eigenvalue weighted by molar-refractivity contribution is 6.28. The number of nitrogens with two attached hydrogens (primary N) is 1. The average molecular weight is 301 g/mol. The third-order valence-corrected chi connectivity index (χ3v) is 2.30. The lowest BCUT2D eigenvalue weighted by molar-refractivity contribution is -0.0539. The van der Waals surface area contributed by atoms with Crippen molar-refractivity contribution in [3.63, 3.8) is 0 Å². The summed E-state index contributed by atoms with van der Waals surface area (Å²) in [5, 5.41) is 9.24. The van der Waals surface area contributed by atoms with E-state index >= 15 is 0 Å². The molecule has 0 spiro atoms. The first kappa shape index (κ1) is 16.3. The fraction of sp³-hybridized carbons (Fsp3) is 0.455. The average Bonchev–Trinajstić information content (AvgIpc) is 2.46. The molecule has 1 heterocycles. The van der Waals surface area contributed by atoms with Gasteiger partial charge in [0, 0.05) is 25.7 Å². The van der Waals surface area contributed by atoms with Crippen molar-refractivity contribution in [2.75, 3.05) is 26.6 Å². The van der Waals surface area contributed by atoms with Gasteiger partial charge >= 0.3 is 0 Å². The standard InChI is InChI=1S/C11H17ClN6O2/c1-3-19-8-20-5-4-18(14-2)17-10(13)9-6-15-11(12)16-7-9/h6-7H,2-5,8H2,1H3,(H2,13,17). The van der Waals surface area contributed by atoms with Gasteiger partial charge in [-0.1, -0.05) is 0 Å². The van der Waals surface area contributed by atoms with Crippen molar-refractivity contribution in [1.29, 1.82) is 0 Å². The fourth-order valence-corrected chi connectivity index (χ4v) is 1.22. The normalized spacial score (nSPS) is 11.4. The number of nitrogens with zero attached hydrogens (tertiary/aromatic N) is 5. The van der Waals surface area contributed by atoms with Crippen molar-refractivity contribution in [3.05, 3.63) is 23.2 Å². The maximum Gasteiger partial charge on any atom is 0.222 e. The van der Waals surface area contributed by atoms with Gasteiger partial charge in [0.25, 0.3) is 0 Å². The van der Waals surface area contributed by atoms with Gasteiger partial charge in [0.2, 0.25) is 5.28 Å². The number of aromatic nitrogens is 2. The molecule has 0 bridgehead atoms. The van der Waals surface area contributed by atoms with Gasteiger partial charge in [-0.05, 0) is 18.5 Å². The quantitative estimate of drug-likeness (QED) is 0.180. The molecule has 1 aromatic rings. The van der Waals surface area contributed by atoms with Gasteiger partial charge in [0.15, 0.2) is 5.84 Å². The van der Waals surface area contributed by atoms with Gasteiger partial charge in [0.05, 0.1) is 18.7 Å². The molecule has 0 radical (unpaired) electrons. The molecule has 1 aromatic heterocycles. The monoisotopic (exact) mass is 300 g/mol. The van der Waals surface area contributed by atoms with Gasteiger partial charge in [-0.15, -0.1) is 5.10 Å². The van der Waals surface area contributed by atoms with E-state index in [-0.39, 0.29) is 17.9 Å². The molecule has 0 saturated heterocycles. The van der Waals surface area contributed by atoms with Crippen LogP contribution in [0.4, 0.5) is 0 Å². The van der Waals surface area contributed by atoms with E-state index in [1.807, 2.05) is 6.92 Å². The van der Waals surface area contributed by atoms with Crippen LogP contribution in [0.1, 0.15) is 12.5 Å². The summed E-state index contributed by atoms with van der Waals surface area (Å²) in [6, 6.07) is 0. The minimum atomic E-state index is 0.143. The van der Waals surface area contributed by atoms with Crippen molar-refractivity contribution >= 4 is 24.2 Å². The molecule has 0 aliphatic heterocycles. The molecule has 0 saturated carbocycles. The molecule has 2 N–H and O–H groups in total. The highest BCUT2D eigenvalue weighted by Crippen LogP contribution is 2.01.